The lowest BCUT2D eigenvalue weighted by Gasteiger charge is -2.42. The van der Waals surface area contributed by atoms with Crippen molar-refractivity contribution in [2.24, 2.45) is 5.41 Å². The van der Waals surface area contributed by atoms with Gasteiger partial charge in [-0.25, -0.2) is 0 Å². The number of nitrogens with zero attached hydrogens (tertiary/aromatic N) is 2. The maximum Gasteiger partial charge on any atom is 0.226 e. The van der Waals surface area contributed by atoms with E-state index >= 15 is 0 Å². The van der Waals surface area contributed by atoms with Crippen molar-refractivity contribution < 1.29 is 4.79 Å². The third-order valence-corrected chi connectivity index (χ3v) is 8.16. The van der Waals surface area contributed by atoms with Gasteiger partial charge in [0.05, 0.1) is 11.5 Å². The van der Waals surface area contributed by atoms with E-state index in [2.05, 4.69) is 51.6 Å². The van der Waals surface area contributed by atoms with Crippen LogP contribution in [0.15, 0.2) is 24.3 Å². The van der Waals surface area contributed by atoms with Gasteiger partial charge in [0.15, 0.2) is 0 Å². The first kappa shape index (κ1) is 21.9. The van der Waals surface area contributed by atoms with Crippen molar-refractivity contribution >= 4 is 24.0 Å². The molecule has 5 rings (SSSR count). The first-order valence-electron chi connectivity index (χ1n) is 11.8. The molecule has 4 saturated heterocycles. The van der Waals surface area contributed by atoms with E-state index in [1.165, 1.54) is 37.1 Å². The smallest absolute Gasteiger partial charge is 0.226 e. The normalized spacial score (nSPS) is 31.6. The summed E-state index contributed by atoms with van der Waals surface area (Å²) in [5, 5.41) is 6.73. The maximum atomic E-state index is 12.9. The molecule has 1 spiro atoms. The number of hydrogen-bond donors (Lipinski definition) is 2. The van der Waals surface area contributed by atoms with Crippen molar-refractivity contribution in [2.45, 2.75) is 70.0 Å². The number of carbonyl (C=O) groups is 1. The first-order chi connectivity index (χ1) is 14.1. The first-order valence-corrected chi connectivity index (χ1v) is 11.8. The van der Waals surface area contributed by atoms with Gasteiger partial charge in [0, 0.05) is 30.9 Å². The molecule has 3 atom stereocenters. The van der Waals surface area contributed by atoms with E-state index < -0.39 is 0 Å². The second kappa shape index (κ2) is 9.05. The SMILES string of the molecule is C[C@H]1CCCN1[C@H]1CCN(c2ccc(C3CCC4(CCNCC4)C(=O)N3)cc2)C1.Cl. The quantitative estimate of drug-likeness (QED) is 0.767. The van der Waals surface area contributed by atoms with E-state index in [-0.39, 0.29) is 29.8 Å². The Bertz CT molecular complexity index is 733. The Morgan fingerprint density at radius 2 is 1.77 bits per heavy atom. The standard InChI is InChI=1S/C24H36N4O.ClH/c1-18-3-2-15-28(18)21-9-16-27(17-21)20-6-4-19(5-7-20)22-8-10-24(23(29)26-22)11-13-25-14-12-24;/h4-7,18,21-22,25H,2-3,8-17H2,1H3,(H,26,29);1H/t18-,21-,22?;/m0./s1. The van der Waals surface area contributed by atoms with Crippen LogP contribution in [0.25, 0.3) is 0 Å². The molecular weight excluding hydrogens is 396 g/mol. The Hall–Kier alpha value is -1.30. The minimum Gasteiger partial charge on any atom is -0.370 e. The average molecular weight is 433 g/mol. The van der Waals surface area contributed by atoms with Gasteiger partial charge in [-0.2, -0.15) is 0 Å². The number of piperidine rings is 2. The number of anilines is 1. The molecule has 4 aliphatic rings. The van der Waals surface area contributed by atoms with Crippen molar-refractivity contribution in [3.63, 3.8) is 0 Å². The van der Waals surface area contributed by atoms with Crippen LogP contribution in [0.5, 0.6) is 0 Å². The van der Waals surface area contributed by atoms with Gasteiger partial charge in [-0.1, -0.05) is 12.1 Å². The molecule has 4 heterocycles. The monoisotopic (exact) mass is 432 g/mol. The highest BCUT2D eigenvalue weighted by molar-refractivity contribution is 5.85. The largest absolute Gasteiger partial charge is 0.370 e. The van der Waals surface area contributed by atoms with E-state index in [9.17, 15) is 4.79 Å². The molecule has 1 aromatic rings. The lowest BCUT2D eigenvalue weighted by Crippen LogP contribution is -2.51. The molecule has 6 heteroatoms. The Morgan fingerprint density at radius 3 is 2.43 bits per heavy atom. The van der Waals surface area contributed by atoms with Crippen LogP contribution in [0.1, 0.15) is 63.5 Å². The minimum absolute atomic E-state index is 0. The molecule has 0 radical (unpaired) electrons. The predicted octanol–water partition coefficient (Wildman–Crippen LogP) is 3.49. The van der Waals surface area contributed by atoms with Crippen LogP contribution < -0.4 is 15.5 Å². The molecule has 0 bridgehead atoms. The van der Waals surface area contributed by atoms with Crippen LogP contribution in [0, 0.1) is 5.41 Å². The molecule has 166 valence electrons. The number of benzene rings is 1. The fourth-order valence-electron chi connectivity index (χ4n) is 6.21. The Morgan fingerprint density at radius 1 is 1.00 bits per heavy atom. The zero-order chi connectivity index (χ0) is 19.8. The second-order valence-corrected chi connectivity index (χ2v) is 9.80. The molecule has 5 nitrogen and oxygen atoms in total. The summed E-state index contributed by atoms with van der Waals surface area (Å²) in [5.74, 6) is 0.279. The fraction of sp³-hybridized carbons (Fsp3) is 0.708. The summed E-state index contributed by atoms with van der Waals surface area (Å²) in [5.41, 5.74) is 2.48. The Balaban J connectivity index is 0.00000218. The lowest BCUT2D eigenvalue weighted by molar-refractivity contribution is -0.136. The highest BCUT2D eigenvalue weighted by Gasteiger charge is 2.43. The van der Waals surface area contributed by atoms with Gasteiger partial charge in [-0.3, -0.25) is 9.69 Å². The minimum atomic E-state index is -0.112. The van der Waals surface area contributed by atoms with Crippen LogP contribution in [0.4, 0.5) is 5.69 Å². The molecule has 1 unspecified atom stereocenters. The van der Waals surface area contributed by atoms with E-state index in [1.54, 1.807) is 0 Å². The number of amides is 1. The van der Waals surface area contributed by atoms with Crippen molar-refractivity contribution in [2.75, 3.05) is 37.6 Å². The summed E-state index contributed by atoms with van der Waals surface area (Å²) >= 11 is 0. The number of likely N-dealkylation sites (tertiary alicyclic amines) is 1. The fourth-order valence-corrected chi connectivity index (χ4v) is 6.21. The average Bonchev–Trinajstić information content (AvgIpc) is 3.40. The number of nitrogens with one attached hydrogen (secondary N) is 2. The summed E-state index contributed by atoms with van der Waals surface area (Å²) < 4.78 is 0. The third-order valence-electron chi connectivity index (χ3n) is 8.16. The van der Waals surface area contributed by atoms with Crippen molar-refractivity contribution in [1.82, 2.24) is 15.5 Å². The molecular formula is C24H37ClN4O. The Labute approximate surface area is 187 Å². The summed E-state index contributed by atoms with van der Waals surface area (Å²) in [4.78, 5) is 18.1. The second-order valence-electron chi connectivity index (χ2n) is 9.80. The molecule has 0 saturated carbocycles. The summed E-state index contributed by atoms with van der Waals surface area (Å²) in [7, 11) is 0. The van der Waals surface area contributed by atoms with Crippen LogP contribution in [0.3, 0.4) is 0 Å². The van der Waals surface area contributed by atoms with Crippen molar-refractivity contribution in [3.05, 3.63) is 29.8 Å². The molecule has 2 N–H and O–H groups in total. The molecule has 30 heavy (non-hydrogen) atoms. The zero-order valence-electron chi connectivity index (χ0n) is 18.2. The number of hydrogen-bond acceptors (Lipinski definition) is 4. The van der Waals surface area contributed by atoms with Crippen molar-refractivity contribution in [3.8, 4) is 0 Å². The molecule has 1 amide bonds. The topological polar surface area (TPSA) is 47.6 Å². The van der Waals surface area contributed by atoms with Gasteiger partial charge in [0.2, 0.25) is 5.91 Å². The van der Waals surface area contributed by atoms with Crippen LogP contribution in [-0.2, 0) is 4.79 Å². The van der Waals surface area contributed by atoms with E-state index in [1.807, 2.05) is 0 Å². The summed E-state index contributed by atoms with van der Waals surface area (Å²) in [6.07, 6.45) is 8.04. The summed E-state index contributed by atoms with van der Waals surface area (Å²) in [6, 6.07) is 10.7. The highest BCUT2D eigenvalue weighted by Crippen LogP contribution is 2.41. The number of halogens is 1. The van der Waals surface area contributed by atoms with Gasteiger partial charge in [0.25, 0.3) is 0 Å². The third kappa shape index (κ3) is 4.09. The highest BCUT2D eigenvalue weighted by atomic mass is 35.5. The van der Waals surface area contributed by atoms with Crippen LogP contribution in [0.2, 0.25) is 0 Å². The van der Waals surface area contributed by atoms with Gasteiger partial charge < -0.3 is 15.5 Å². The molecule has 0 aromatic heterocycles. The van der Waals surface area contributed by atoms with Crippen molar-refractivity contribution in [1.29, 1.82) is 0 Å². The number of rotatable bonds is 3. The van der Waals surface area contributed by atoms with Gasteiger partial charge in [0.1, 0.15) is 0 Å². The molecule has 4 fully saturated rings. The van der Waals surface area contributed by atoms with Crippen LogP contribution in [-0.4, -0.2) is 55.6 Å². The van der Waals surface area contributed by atoms with E-state index in [0.717, 1.165) is 57.9 Å². The van der Waals surface area contributed by atoms with E-state index in [0.29, 0.717) is 6.04 Å². The van der Waals surface area contributed by atoms with Gasteiger partial charge >= 0.3 is 0 Å². The molecule has 4 aliphatic heterocycles. The number of carbonyl (C=O) groups excluding carboxylic acids is 1. The molecule has 1 aromatic carbocycles. The zero-order valence-corrected chi connectivity index (χ0v) is 19.1. The summed E-state index contributed by atoms with van der Waals surface area (Å²) in [6.45, 7) is 7.92. The molecule has 0 aliphatic carbocycles. The van der Waals surface area contributed by atoms with E-state index in [4.69, 9.17) is 0 Å². The maximum absolute atomic E-state index is 12.9. The lowest BCUT2D eigenvalue weighted by atomic mass is 9.71. The Kier molecular flexibility index (Phi) is 6.61. The predicted molar refractivity (Wildman–Crippen MR) is 124 cm³/mol. The van der Waals surface area contributed by atoms with Crippen LogP contribution >= 0.6 is 12.4 Å². The van der Waals surface area contributed by atoms with Gasteiger partial charge in [-0.05, 0) is 89.2 Å². The van der Waals surface area contributed by atoms with Gasteiger partial charge in [-0.15, -0.1) is 12.4 Å².